The molecule has 1 aliphatic heterocycles. The van der Waals surface area contributed by atoms with Crippen LogP contribution in [-0.2, 0) is 9.53 Å². The van der Waals surface area contributed by atoms with Gasteiger partial charge in [0.05, 0.1) is 40.0 Å². The number of para-hydroxylation sites is 1. The minimum Gasteiger partial charge on any atom is -0.496 e. The molecule has 0 radical (unpaired) electrons. The van der Waals surface area contributed by atoms with Crippen LogP contribution in [0.5, 0.6) is 5.75 Å². The quantitative estimate of drug-likeness (QED) is 0.141. The maximum Gasteiger partial charge on any atom is 0.338 e. The Balaban J connectivity index is 1.71. The standard InChI is InChI=1S/C30H26ClN3O7S/c1-4-8-21-26(29(36)40-5-2)27(20-15-17(31)11-13-23(20)39-3)33-28(35)25(42-30(33)32-21)16-18-12-14-24(41-18)19-9-6-7-10-22(19)34(37)38/h6-7,9-16,27H,4-5,8H2,1-3H3/b25-16+/t27-/m1/s1. The molecule has 0 saturated carbocycles. The van der Waals surface area contributed by atoms with Gasteiger partial charge in [-0.15, -0.1) is 0 Å². The van der Waals surface area contributed by atoms with Crippen LogP contribution in [0.1, 0.15) is 44.1 Å². The summed E-state index contributed by atoms with van der Waals surface area (Å²) in [6.07, 6.45) is 2.74. The van der Waals surface area contributed by atoms with Crippen molar-refractivity contribution in [1.82, 2.24) is 4.57 Å². The van der Waals surface area contributed by atoms with E-state index in [0.717, 1.165) is 11.3 Å². The minimum absolute atomic E-state index is 0.0943. The normalized spacial score (nSPS) is 14.9. The first-order valence-electron chi connectivity index (χ1n) is 13.2. The summed E-state index contributed by atoms with van der Waals surface area (Å²) in [6, 6.07) is 13.6. The van der Waals surface area contributed by atoms with E-state index < -0.39 is 22.5 Å². The third-order valence-corrected chi connectivity index (χ3v) is 7.86. The van der Waals surface area contributed by atoms with Crippen molar-refractivity contribution >= 4 is 40.7 Å². The Kier molecular flexibility index (Phi) is 8.41. The zero-order chi connectivity index (χ0) is 30.0. The molecule has 0 saturated heterocycles. The number of nitro benzene ring substituents is 1. The molecule has 216 valence electrons. The van der Waals surface area contributed by atoms with Crippen LogP contribution >= 0.6 is 22.9 Å². The highest BCUT2D eigenvalue weighted by Crippen LogP contribution is 2.38. The first kappa shape index (κ1) is 29.0. The van der Waals surface area contributed by atoms with Gasteiger partial charge >= 0.3 is 5.97 Å². The maximum absolute atomic E-state index is 14.0. The average molecular weight is 608 g/mol. The number of halogens is 1. The van der Waals surface area contributed by atoms with Crippen molar-refractivity contribution in [1.29, 1.82) is 0 Å². The number of hydrogen-bond donors (Lipinski definition) is 0. The number of furan rings is 1. The highest BCUT2D eigenvalue weighted by Gasteiger charge is 2.36. The molecule has 42 heavy (non-hydrogen) atoms. The fourth-order valence-electron chi connectivity index (χ4n) is 4.88. The van der Waals surface area contributed by atoms with Crippen LogP contribution in [0.4, 0.5) is 5.69 Å². The molecule has 0 fully saturated rings. The summed E-state index contributed by atoms with van der Waals surface area (Å²) in [5.41, 5.74) is 1.10. The molecule has 0 aliphatic carbocycles. The summed E-state index contributed by atoms with van der Waals surface area (Å²) < 4.78 is 18.7. The summed E-state index contributed by atoms with van der Waals surface area (Å²) in [5, 5.41) is 11.9. The van der Waals surface area contributed by atoms with Gasteiger partial charge in [0.1, 0.15) is 23.3 Å². The zero-order valence-corrected chi connectivity index (χ0v) is 24.5. The Morgan fingerprint density at radius 3 is 2.71 bits per heavy atom. The molecule has 0 N–H and O–H groups in total. The molecule has 2 aromatic carbocycles. The molecule has 5 rings (SSSR count). The van der Waals surface area contributed by atoms with Crippen LogP contribution in [0, 0.1) is 10.1 Å². The summed E-state index contributed by atoms with van der Waals surface area (Å²) in [7, 11) is 1.50. The summed E-state index contributed by atoms with van der Waals surface area (Å²) in [4.78, 5) is 43.5. The monoisotopic (exact) mass is 607 g/mol. The second-order valence-corrected chi connectivity index (χ2v) is 10.7. The first-order valence-corrected chi connectivity index (χ1v) is 14.4. The van der Waals surface area contributed by atoms with Crippen LogP contribution in [0.3, 0.4) is 0 Å². The Hall–Kier alpha value is -4.48. The number of ether oxygens (including phenoxy) is 2. The molecule has 0 amide bonds. The third kappa shape index (κ3) is 5.40. The number of fused-ring (bicyclic) bond motifs is 1. The molecule has 2 aromatic heterocycles. The lowest BCUT2D eigenvalue weighted by atomic mass is 9.93. The number of carbonyl (C=O) groups excluding carboxylic acids is 1. The Labute approximate surface area is 248 Å². The van der Waals surface area contributed by atoms with Gasteiger partial charge in [0.25, 0.3) is 11.2 Å². The van der Waals surface area contributed by atoms with Gasteiger partial charge in [-0.2, -0.15) is 0 Å². The van der Waals surface area contributed by atoms with Gasteiger partial charge < -0.3 is 13.9 Å². The number of allylic oxidation sites excluding steroid dienone is 1. The van der Waals surface area contributed by atoms with E-state index in [2.05, 4.69) is 0 Å². The number of nitro groups is 1. The molecule has 0 unspecified atom stereocenters. The number of esters is 1. The van der Waals surface area contributed by atoms with Crippen LogP contribution < -0.4 is 19.6 Å². The molecule has 1 aliphatic rings. The molecular formula is C30H26ClN3O7S. The lowest BCUT2D eigenvalue weighted by molar-refractivity contribution is -0.384. The number of nitrogens with zero attached hydrogens (tertiary/aromatic N) is 3. The predicted octanol–water partition coefficient (Wildman–Crippen LogP) is 5.41. The summed E-state index contributed by atoms with van der Waals surface area (Å²) >= 11 is 7.53. The number of benzene rings is 2. The predicted molar refractivity (Wildman–Crippen MR) is 158 cm³/mol. The number of aromatic nitrogens is 1. The fourth-order valence-corrected chi connectivity index (χ4v) is 6.06. The van der Waals surface area contributed by atoms with E-state index in [4.69, 9.17) is 30.5 Å². The fraction of sp³-hybridized carbons (Fsp3) is 0.233. The maximum atomic E-state index is 14.0. The first-order chi connectivity index (χ1) is 20.3. The molecule has 10 nitrogen and oxygen atoms in total. The lowest BCUT2D eigenvalue weighted by Gasteiger charge is -2.27. The largest absolute Gasteiger partial charge is 0.496 e. The van der Waals surface area contributed by atoms with Gasteiger partial charge in [0.15, 0.2) is 4.80 Å². The van der Waals surface area contributed by atoms with E-state index in [-0.39, 0.29) is 23.6 Å². The zero-order valence-electron chi connectivity index (χ0n) is 23.0. The van der Waals surface area contributed by atoms with Crippen molar-refractivity contribution in [2.24, 2.45) is 4.99 Å². The van der Waals surface area contributed by atoms with Crippen LogP contribution in [-0.4, -0.2) is 29.2 Å². The van der Waals surface area contributed by atoms with Crippen LogP contribution in [0.25, 0.3) is 17.4 Å². The van der Waals surface area contributed by atoms with E-state index in [9.17, 15) is 19.7 Å². The highest BCUT2D eigenvalue weighted by atomic mass is 35.5. The summed E-state index contributed by atoms with van der Waals surface area (Å²) in [6.45, 7) is 3.83. The molecule has 0 spiro atoms. The van der Waals surface area contributed by atoms with Gasteiger partial charge in [0, 0.05) is 22.7 Å². The number of methoxy groups -OCH3 is 1. The van der Waals surface area contributed by atoms with Crippen molar-refractivity contribution in [3.8, 4) is 17.1 Å². The average Bonchev–Trinajstić information content (AvgIpc) is 3.56. The van der Waals surface area contributed by atoms with Gasteiger partial charge in [-0.05, 0) is 49.7 Å². The van der Waals surface area contributed by atoms with Gasteiger partial charge in [-0.3, -0.25) is 19.5 Å². The van der Waals surface area contributed by atoms with Crippen LogP contribution in [0.2, 0.25) is 5.02 Å². The van der Waals surface area contributed by atoms with Crippen molar-refractivity contribution in [3.05, 3.63) is 112 Å². The SMILES string of the molecule is CCCC1=C(C(=O)OCC)[C@@H](c2cc(Cl)ccc2OC)n2c(s/c(=C/c3ccc(-c4ccccc4[N+](=O)[O-])o3)c2=O)=N1. The second-order valence-electron chi connectivity index (χ2n) is 9.28. The van der Waals surface area contributed by atoms with Crippen molar-refractivity contribution in [2.45, 2.75) is 32.7 Å². The number of rotatable bonds is 9. The second kappa shape index (κ2) is 12.2. The van der Waals surface area contributed by atoms with E-state index in [1.807, 2.05) is 6.92 Å². The summed E-state index contributed by atoms with van der Waals surface area (Å²) in [5.74, 6) is 0.478. The van der Waals surface area contributed by atoms with Gasteiger partial charge in [-0.1, -0.05) is 48.4 Å². The number of hydrogen-bond acceptors (Lipinski definition) is 9. The molecule has 1 atom stereocenters. The highest BCUT2D eigenvalue weighted by molar-refractivity contribution is 7.07. The van der Waals surface area contributed by atoms with E-state index in [1.54, 1.807) is 61.5 Å². The van der Waals surface area contributed by atoms with Crippen LogP contribution in [0.15, 0.2) is 80.1 Å². The molecule has 3 heterocycles. The molecule has 0 bridgehead atoms. The Morgan fingerprint density at radius 1 is 1.21 bits per heavy atom. The van der Waals surface area contributed by atoms with E-state index >= 15 is 0 Å². The molecule has 12 heteroatoms. The number of thiazole rings is 1. The van der Waals surface area contributed by atoms with E-state index in [0.29, 0.717) is 55.5 Å². The minimum atomic E-state index is -0.906. The van der Waals surface area contributed by atoms with Gasteiger partial charge in [-0.25, -0.2) is 9.79 Å². The topological polar surface area (TPSA) is 126 Å². The molecular weight excluding hydrogens is 582 g/mol. The lowest BCUT2D eigenvalue weighted by Crippen LogP contribution is -2.40. The third-order valence-electron chi connectivity index (χ3n) is 6.64. The number of carbonyl (C=O) groups is 1. The Morgan fingerprint density at radius 2 is 2.00 bits per heavy atom. The van der Waals surface area contributed by atoms with Crippen molar-refractivity contribution in [2.75, 3.05) is 13.7 Å². The van der Waals surface area contributed by atoms with Gasteiger partial charge in [0.2, 0.25) is 0 Å². The Bertz CT molecular complexity index is 1900. The van der Waals surface area contributed by atoms with Crippen molar-refractivity contribution in [3.63, 3.8) is 0 Å². The van der Waals surface area contributed by atoms with E-state index in [1.165, 1.54) is 17.7 Å². The smallest absolute Gasteiger partial charge is 0.338 e. The molecule has 4 aromatic rings. The van der Waals surface area contributed by atoms with Crippen molar-refractivity contribution < 1.29 is 23.6 Å².